The molecule has 0 bridgehead atoms. The molecule has 0 saturated heterocycles. The fourth-order valence-electron chi connectivity index (χ4n) is 2.71. The first-order valence-corrected chi connectivity index (χ1v) is 7.63. The molecule has 1 heterocycles. The van der Waals surface area contributed by atoms with E-state index in [-0.39, 0.29) is 27.7 Å². The summed E-state index contributed by atoms with van der Waals surface area (Å²) < 4.78 is 54.5. The molecule has 0 saturated carbocycles. The first-order chi connectivity index (χ1) is 12.3. The van der Waals surface area contributed by atoms with Crippen LogP contribution >= 0.6 is 0 Å². The van der Waals surface area contributed by atoms with Crippen molar-refractivity contribution >= 4 is 11.0 Å². The highest BCUT2D eigenvalue weighted by atomic mass is 19.4. The first-order valence-electron chi connectivity index (χ1n) is 7.63. The Morgan fingerprint density at radius 3 is 2.19 bits per heavy atom. The lowest BCUT2D eigenvalue weighted by atomic mass is 10.0. The number of alkyl halides is 3. The number of fused-ring (bicyclic) bond motifs is 1. The van der Waals surface area contributed by atoms with Crippen molar-refractivity contribution in [1.82, 2.24) is 0 Å². The molecule has 4 nitrogen and oxygen atoms in total. The zero-order valence-corrected chi connectivity index (χ0v) is 14.2. The van der Waals surface area contributed by atoms with Gasteiger partial charge in [-0.1, -0.05) is 12.1 Å². The molecule has 0 amide bonds. The standard InChI is InChI=1S/C19H15F3O4/c1-10-17(23)16-14(25-3)8-13(24-2)9-15(16)26-18(10)11-4-6-12(7-5-11)19(20,21)22/h4-9H,1-3H3. The van der Waals surface area contributed by atoms with Gasteiger partial charge in [0.15, 0.2) is 5.43 Å². The SMILES string of the molecule is COc1cc(OC)c2c(=O)c(C)c(-c3ccc(C(F)(F)F)cc3)oc2c1. The highest BCUT2D eigenvalue weighted by Gasteiger charge is 2.30. The van der Waals surface area contributed by atoms with Gasteiger partial charge in [0.1, 0.15) is 28.2 Å². The molecule has 0 radical (unpaired) electrons. The minimum Gasteiger partial charge on any atom is -0.496 e. The van der Waals surface area contributed by atoms with E-state index < -0.39 is 11.7 Å². The molecule has 3 rings (SSSR count). The molecule has 0 atom stereocenters. The minimum absolute atomic E-state index is 0.200. The molecule has 3 aromatic rings. The first kappa shape index (κ1) is 17.8. The molecule has 0 spiro atoms. The van der Waals surface area contributed by atoms with Gasteiger partial charge in [0, 0.05) is 23.3 Å². The summed E-state index contributed by atoms with van der Waals surface area (Å²) in [6.45, 7) is 1.56. The molecule has 0 aliphatic rings. The van der Waals surface area contributed by atoms with Gasteiger partial charge < -0.3 is 13.9 Å². The molecule has 7 heteroatoms. The fourth-order valence-corrected chi connectivity index (χ4v) is 2.71. The van der Waals surface area contributed by atoms with E-state index in [9.17, 15) is 18.0 Å². The van der Waals surface area contributed by atoms with Crippen LogP contribution in [-0.2, 0) is 6.18 Å². The molecule has 0 unspecified atom stereocenters. The normalized spacial score (nSPS) is 11.6. The van der Waals surface area contributed by atoms with Crippen molar-refractivity contribution < 1.29 is 27.1 Å². The van der Waals surface area contributed by atoms with Gasteiger partial charge >= 0.3 is 6.18 Å². The van der Waals surface area contributed by atoms with Crippen LogP contribution in [0.1, 0.15) is 11.1 Å². The van der Waals surface area contributed by atoms with Crippen molar-refractivity contribution in [3.63, 3.8) is 0 Å². The van der Waals surface area contributed by atoms with Crippen molar-refractivity contribution in [2.45, 2.75) is 13.1 Å². The topological polar surface area (TPSA) is 48.7 Å². The van der Waals surface area contributed by atoms with Crippen molar-refractivity contribution in [2.24, 2.45) is 0 Å². The molecule has 0 aliphatic carbocycles. The average Bonchev–Trinajstić information content (AvgIpc) is 2.62. The zero-order chi connectivity index (χ0) is 19.1. The van der Waals surface area contributed by atoms with E-state index in [1.807, 2.05) is 0 Å². The summed E-state index contributed by atoms with van der Waals surface area (Å²) in [4.78, 5) is 12.8. The second kappa shape index (κ2) is 6.40. The Hall–Kier alpha value is -2.96. The summed E-state index contributed by atoms with van der Waals surface area (Å²) in [7, 11) is 2.89. The second-order valence-electron chi connectivity index (χ2n) is 5.66. The Morgan fingerprint density at radius 1 is 1.00 bits per heavy atom. The predicted molar refractivity (Wildman–Crippen MR) is 90.8 cm³/mol. The number of ether oxygens (including phenoxy) is 2. The van der Waals surface area contributed by atoms with Crippen LogP contribution in [-0.4, -0.2) is 14.2 Å². The van der Waals surface area contributed by atoms with Crippen molar-refractivity contribution in [2.75, 3.05) is 14.2 Å². The number of benzene rings is 2. The van der Waals surface area contributed by atoms with Crippen molar-refractivity contribution in [1.29, 1.82) is 0 Å². The van der Waals surface area contributed by atoms with Crippen LogP contribution in [0.25, 0.3) is 22.3 Å². The van der Waals surface area contributed by atoms with E-state index in [1.54, 1.807) is 13.0 Å². The third kappa shape index (κ3) is 3.00. The van der Waals surface area contributed by atoms with Gasteiger partial charge in [-0.25, -0.2) is 0 Å². The van der Waals surface area contributed by atoms with Gasteiger partial charge in [0.2, 0.25) is 0 Å². The lowest BCUT2D eigenvalue weighted by molar-refractivity contribution is -0.137. The maximum absolute atomic E-state index is 12.8. The lowest BCUT2D eigenvalue weighted by Gasteiger charge is -2.12. The largest absolute Gasteiger partial charge is 0.496 e. The van der Waals surface area contributed by atoms with Gasteiger partial charge in [-0.2, -0.15) is 13.2 Å². The van der Waals surface area contributed by atoms with Crippen molar-refractivity contribution in [3.05, 3.63) is 57.7 Å². The summed E-state index contributed by atoms with van der Waals surface area (Å²) in [5, 5.41) is 0.251. The number of hydrogen-bond acceptors (Lipinski definition) is 4. The maximum atomic E-state index is 12.8. The Bertz CT molecular complexity index is 1020. The number of methoxy groups -OCH3 is 2. The molecule has 1 aromatic heterocycles. The second-order valence-corrected chi connectivity index (χ2v) is 5.66. The van der Waals surface area contributed by atoms with E-state index in [4.69, 9.17) is 13.9 Å². The third-order valence-electron chi connectivity index (χ3n) is 4.09. The van der Waals surface area contributed by atoms with E-state index >= 15 is 0 Å². The molecule has 2 aromatic carbocycles. The van der Waals surface area contributed by atoms with Gasteiger partial charge in [-0.05, 0) is 19.1 Å². The third-order valence-corrected chi connectivity index (χ3v) is 4.09. The van der Waals surface area contributed by atoms with E-state index in [0.717, 1.165) is 12.1 Å². The lowest BCUT2D eigenvalue weighted by Crippen LogP contribution is -2.09. The summed E-state index contributed by atoms with van der Waals surface area (Å²) in [6.07, 6.45) is -4.43. The number of halogens is 3. The van der Waals surface area contributed by atoms with Gasteiger partial charge in [-0.3, -0.25) is 4.79 Å². The van der Waals surface area contributed by atoms with E-state index in [2.05, 4.69) is 0 Å². The van der Waals surface area contributed by atoms with Crippen LogP contribution in [0.15, 0.2) is 45.6 Å². The average molecular weight is 364 g/mol. The summed E-state index contributed by atoms with van der Waals surface area (Å²) in [5.41, 5.74) is -0.213. The fraction of sp³-hybridized carbons (Fsp3) is 0.211. The van der Waals surface area contributed by atoms with Crippen LogP contribution in [0.4, 0.5) is 13.2 Å². The van der Waals surface area contributed by atoms with Gasteiger partial charge in [0.25, 0.3) is 0 Å². The Kier molecular flexibility index (Phi) is 4.39. The van der Waals surface area contributed by atoms with Crippen LogP contribution in [0.5, 0.6) is 11.5 Å². The smallest absolute Gasteiger partial charge is 0.416 e. The molecule has 26 heavy (non-hydrogen) atoms. The Labute approximate surface area is 146 Å². The zero-order valence-electron chi connectivity index (χ0n) is 14.2. The summed E-state index contributed by atoms with van der Waals surface area (Å²) in [5.74, 6) is 0.932. The summed E-state index contributed by atoms with van der Waals surface area (Å²) >= 11 is 0. The van der Waals surface area contributed by atoms with Gasteiger partial charge in [-0.15, -0.1) is 0 Å². The molecule has 136 valence electrons. The highest BCUT2D eigenvalue weighted by Crippen LogP contribution is 2.35. The maximum Gasteiger partial charge on any atom is 0.416 e. The van der Waals surface area contributed by atoms with Crippen LogP contribution in [0, 0.1) is 6.92 Å². The van der Waals surface area contributed by atoms with Crippen LogP contribution in [0.3, 0.4) is 0 Å². The van der Waals surface area contributed by atoms with Gasteiger partial charge in [0.05, 0.1) is 19.8 Å². The van der Waals surface area contributed by atoms with Crippen LogP contribution < -0.4 is 14.9 Å². The number of hydrogen-bond donors (Lipinski definition) is 0. The molecule has 0 N–H and O–H groups in total. The van der Waals surface area contributed by atoms with Crippen molar-refractivity contribution in [3.8, 4) is 22.8 Å². The highest BCUT2D eigenvalue weighted by molar-refractivity contribution is 5.87. The molecule has 0 fully saturated rings. The van der Waals surface area contributed by atoms with E-state index in [0.29, 0.717) is 17.1 Å². The molecular weight excluding hydrogens is 349 g/mol. The number of rotatable bonds is 3. The Balaban J connectivity index is 2.24. The quantitative estimate of drug-likeness (QED) is 0.670. The minimum atomic E-state index is -4.43. The molecule has 0 aliphatic heterocycles. The Morgan fingerprint density at radius 2 is 1.65 bits per heavy atom. The molecular formula is C19H15F3O4. The predicted octanol–water partition coefficient (Wildman–Crippen LogP) is 4.80. The monoisotopic (exact) mass is 364 g/mol. The summed E-state index contributed by atoms with van der Waals surface area (Å²) in [6, 6.07) is 7.55. The van der Waals surface area contributed by atoms with Crippen LogP contribution in [0.2, 0.25) is 0 Å². The van der Waals surface area contributed by atoms with E-state index in [1.165, 1.54) is 32.4 Å².